The number of anilines is 6. The molecule has 0 saturated carbocycles. The van der Waals surface area contributed by atoms with Gasteiger partial charge in [-0.05, 0) is 171 Å². The standard InChI is InChI=1S/C45H48N2O2Si/c1-31-22-32(2)26-42(25-31)46(41-18-20-45(21-19-41)50(9,48-7)49-8)39-14-10-37(11-15-39)38-12-16-40(17-13-38)47(43-27-33(3)23-34(4)28-43)44-29-35(5)24-36(6)30-44/h10-30H,1-9H3. The highest BCUT2D eigenvalue weighted by Crippen LogP contribution is 2.39. The van der Waals surface area contributed by atoms with Gasteiger partial charge in [0.25, 0.3) is 0 Å². The maximum absolute atomic E-state index is 5.81. The van der Waals surface area contributed by atoms with Crippen molar-refractivity contribution in [1.29, 1.82) is 0 Å². The molecule has 0 radical (unpaired) electrons. The third-order valence-corrected chi connectivity index (χ3v) is 12.3. The van der Waals surface area contributed by atoms with Gasteiger partial charge in [-0.25, -0.2) is 0 Å². The van der Waals surface area contributed by atoms with E-state index >= 15 is 0 Å². The lowest BCUT2D eigenvalue weighted by molar-refractivity contribution is 0.265. The van der Waals surface area contributed by atoms with Crippen LogP contribution in [0.4, 0.5) is 34.1 Å². The van der Waals surface area contributed by atoms with Crippen LogP contribution in [-0.4, -0.2) is 22.8 Å². The summed E-state index contributed by atoms with van der Waals surface area (Å²) in [6.07, 6.45) is 0. The molecule has 0 saturated heterocycles. The van der Waals surface area contributed by atoms with Crippen LogP contribution in [0.2, 0.25) is 6.55 Å². The van der Waals surface area contributed by atoms with E-state index in [9.17, 15) is 0 Å². The van der Waals surface area contributed by atoms with Gasteiger partial charge in [0.2, 0.25) is 0 Å². The van der Waals surface area contributed by atoms with Crippen molar-refractivity contribution in [2.24, 2.45) is 0 Å². The van der Waals surface area contributed by atoms with Crippen LogP contribution in [0, 0.1) is 41.5 Å². The van der Waals surface area contributed by atoms with Gasteiger partial charge < -0.3 is 18.7 Å². The predicted octanol–water partition coefficient (Wildman–Crippen LogP) is 11.7. The minimum Gasteiger partial charge on any atom is -0.394 e. The van der Waals surface area contributed by atoms with Crippen LogP contribution in [0.1, 0.15) is 33.4 Å². The summed E-state index contributed by atoms with van der Waals surface area (Å²) in [5, 5.41) is 1.10. The second-order valence-electron chi connectivity index (χ2n) is 13.7. The van der Waals surface area contributed by atoms with Crippen LogP contribution < -0.4 is 15.0 Å². The fourth-order valence-corrected chi connectivity index (χ4v) is 8.38. The molecular formula is C45H48N2O2Si. The average Bonchev–Trinajstić information content (AvgIpc) is 3.08. The highest BCUT2D eigenvalue weighted by molar-refractivity contribution is 6.79. The molecule has 0 aromatic heterocycles. The molecule has 6 aromatic carbocycles. The number of benzene rings is 6. The number of rotatable bonds is 10. The van der Waals surface area contributed by atoms with E-state index in [0.29, 0.717) is 0 Å². The van der Waals surface area contributed by atoms with Crippen molar-refractivity contribution >= 4 is 47.9 Å². The highest BCUT2D eigenvalue weighted by atomic mass is 28.4. The van der Waals surface area contributed by atoms with Crippen LogP contribution in [0.3, 0.4) is 0 Å². The lowest BCUT2D eigenvalue weighted by Crippen LogP contribution is -2.49. The molecule has 0 atom stereocenters. The van der Waals surface area contributed by atoms with Crippen molar-refractivity contribution in [1.82, 2.24) is 0 Å². The molecule has 0 amide bonds. The molecule has 0 fully saturated rings. The summed E-state index contributed by atoms with van der Waals surface area (Å²) < 4.78 is 11.6. The van der Waals surface area contributed by atoms with Gasteiger partial charge in [0, 0.05) is 48.3 Å². The summed E-state index contributed by atoms with van der Waals surface area (Å²) in [6, 6.07) is 46.6. The van der Waals surface area contributed by atoms with Crippen molar-refractivity contribution in [3.63, 3.8) is 0 Å². The summed E-state index contributed by atoms with van der Waals surface area (Å²) in [7, 11) is 1.02. The fraction of sp³-hybridized carbons (Fsp3) is 0.200. The van der Waals surface area contributed by atoms with Crippen LogP contribution in [-0.2, 0) is 8.85 Å². The van der Waals surface area contributed by atoms with Crippen LogP contribution >= 0.6 is 0 Å². The number of aryl methyl sites for hydroxylation is 6. The Balaban J connectivity index is 1.35. The Morgan fingerprint density at radius 3 is 0.900 bits per heavy atom. The highest BCUT2D eigenvalue weighted by Gasteiger charge is 2.31. The number of hydrogen-bond donors (Lipinski definition) is 0. The van der Waals surface area contributed by atoms with Gasteiger partial charge >= 0.3 is 8.56 Å². The van der Waals surface area contributed by atoms with Crippen LogP contribution in [0.15, 0.2) is 127 Å². The van der Waals surface area contributed by atoms with Crippen molar-refractivity contribution in [2.45, 2.75) is 48.1 Å². The monoisotopic (exact) mass is 676 g/mol. The quantitative estimate of drug-likeness (QED) is 0.135. The zero-order valence-corrected chi connectivity index (χ0v) is 31.8. The maximum atomic E-state index is 5.81. The largest absolute Gasteiger partial charge is 0.394 e. The van der Waals surface area contributed by atoms with Crippen LogP contribution in [0.5, 0.6) is 0 Å². The molecule has 0 N–H and O–H groups in total. The van der Waals surface area contributed by atoms with Crippen molar-refractivity contribution in [3.05, 3.63) is 161 Å². The summed E-state index contributed by atoms with van der Waals surface area (Å²) in [5.41, 5.74) is 16.6. The van der Waals surface area contributed by atoms with E-state index in [1.807, 2.05) is 0 Å². The Morgan fingerprint density at radius 2 is 0.620 bits per heavy atom. The Labute approximate surface area is 299 Å². The Bertz CT molecular complexity index is 1990. The molecule has 6 rings (SSSR count). The Morgan fingerprint density at radius 1 is 0.360 bits per heavy atom. The molecule has 0 aliphatic carbocycles. The molecule has 6 aromatic rings. The fourth-order valence-electron chi connectivity index (χ4n) is 6.97. The van der Waals surface area contributed by atoms with E-state index in [1.54, 1.807) is 14.2 Å². The maximum Gasteiger partial charge on any atom is 0.368 e. The molecular weight excluding hydrogens is 629 g/mol. The molecule has 0 aliphatic rings. The van der Waals surface area contributed by atoms with Gasteiger partial charge in [-0.3, -0.25) is 0 Å². The molecule has 50 heavy (non-hydrogen) atoms. The second kappa shape index (κ2) is 14.5. The summed E-state index contributed by atoms with van der Waals surface area (Å²) in [6.45, 7) is 15.0. The normalized spacial score (nSPS) is 11.5. The third kappa shape index (κ3) is 7.46. The predicted molar refractivity (Wildman–Crippen MR) is 215 cm³/mol. The molecule has 0 aliphatic heterocycles. The van der Waals surface area contributed by atoms with E-state index < -0.39 is 8.56 Å². The first-order chi connectivity index (χ1) is 24.0. The van der Waals surface area contributed by atoms with E-state index in [-0.39, 0.29) is 0 Å². The van der Waals surface area contributed by atoms with Gasteiger partial charge in [0.1, 0.15) is 0 Å². The number of hydrogen-bond acceptors (Lipinski definition) is 4. The molecule has 0 heterocycles. The van der Waals surface area contributed by atoms with Crippen LogP contribution in [0.25, 0.3) is 11.1 Å². The molecule has 5 heteroatoms. The summed E-state index contributed by atoms with van der Waals surface area (Å²) in [4.78, 5) is 4.69. The Kier molecular flexibility index (Phi) is 10.1. The molecule has 0 unspecified atom stereocenters. The zero-order chi connectivity index (χ0) is 35.6. The van der Waals surface area contributed by atoms with Gasteiger partial charge in [0.05, 0.1) is 0 Å². The lowest BCUT2D eigenvalue weighted by atomic mass is 10.0. The Hall–Kier alpha value is -4.94. The van der Waals surface area contributed by atoms with Crippen molar-refractivity contribution in [2.75, 3.05) is 24.0 Å². The molecule has 0 spiro atoms. The van der Waals surface area contributed by atoms with E-state index in [0.717, 1.165) is 27.9 Å². The average molecular weight is 677 g/mol. The van der Waals surface area contributed by atoms with Gasteiger partial charge in [-0.2, -0.15) is 0 Å². The topological polar surface area (TPSA) is 24.9 Å². The minimum atomic E-state index is -2.43. The lowest BCUT2D eigenvalue weighted by Gasteiger charge is -2.28. The second-order valence-corrected chi connectivity index (χ2v) is 17.0. The molecule has 0 bridgehead atoms. The van der Waals surface area contributed by atoms with Crippen molar-refractivity contribution < 1.29 is 8.85 Å². The third-order valence-electron chi connectivity index (χ3n) is 9.41. The van der Waals surface area contributed by atoms with Crippen molar-refractivity contribution in [3.8, 4) is 11.1 Å². The van der Waals surface area contributed by atoms with Gasteiger partial charge in [0.15, 0.2) is 0 Å². The summed E-state index contributed by atoms with van der Waals surface area (Å²) >= 11 is 0. The van der Waals surface area contributed by atoms with E-state index in [4.69, 9.17) is 8.85 Å². The van der Waals surface area contributed by atoms with Gasteiger partial charge in [-0.15, -0.1) is 0 Å². The first kappa shape index (κ1) is 34.9. The minimum absolute atomic E-state index is 1.08. The summed E-state index contributed by atoms with van der Waals surface area (Å²) in [5.74, 6) is 0. The molecule has 254 valence electrons. The van der Waals surface area contributed by atoms with E-state index in [2.05, 4.69) is 185 Å². The first-order valence-corrected chi connectivity index (χ1v) is 19.5. The van der Waals surface area contributed by atoms with Gasteiger partial charge in [-0.1, -0.05) is 54.6 Å². The number of nitrogens with zero attached hydrogens (tertiary/aromatic N) is 2. The first-order valence-electron chi connectivity index (χ1n) is 17.2. The molecule has 4 nitrogen and oxygen atoms in total. The smallest absolute Gasteiger partial charge is 0.368 e. The zero-order valence-electron chi connectivity index (χ0n) is 30.8. The van der Waals surface area contributed by atoms with E-state index in [1.165, 1.54) is 55.9 Å². The SMILES string of the molecule is CO[Si](C)(OC)c1ccc(N(c2ccc(-c3ccc(N(c4cc(C)cc(C)c4)c4cc(C)cc(C)c4)cc3)cc2)c2cc(C)cc(C)c2)cc1.